The van der Waals surface area contributed by atoms with Gasteiger partial charge in [0, 0.05) is 17.5 Å². The molecule has 0 saturated carbocycles. The lowest BCUT2D eigenvalue weighted by Gasteiger charge is -2.25. The van der Waals surface area contributed by atoms with Crippen LogP contribution in [0.1, 0.15) is 24.8 Å². The number of allylic oxidation sites excluding steroid dienone is 1. The van der Waals surface area contributed by atoms with Gasteiger partial charge in [-0.15, -0.1) is 0 Å². The van der Waals surface area contributed by atoms with Gasteiger partial charge in [0.1, 0.15) is 17.6 Å². The van der Waals surface area contributed by atoms with Gasteiger partial charge in [0.2, 0.25) is 5.88 Å². The van der Waals surface area contributed by atoms with E-state index in [0.717, 1.165) is 12.0 Å². The van der Waals surface area contributed by atoms with E-state index in [4.69, 9.17) is 15.7 Å². The van der Waals surface area contributed by atoms with Crippen molar-refractivity contribution in [2.75, 3.05) is 0 Å². The van der Waals surface area contributed by atoms with Crippen molar-refractivity contribution in [2.24, 2.45) is 5.73 Å². The lowest BCUT2D eigenvalue weighted by atomic mass is 9.87. The summed E-state index contributed by atoms with van der Waals surface area (Å²) in [6.45, 7) is 1.98. The fraction of sp³-hybridized carbons (Fsp3) is 0.250. The van der Waals surface area contributed by atoms with Crippen LogP contribution in [0.25, 0.3) is 0 Å². The minimum Gasteiger partial charge on any atom is -0.508 e. The maximum Gasteiger partial charge on any atom is 0.205 e. The molecule has 1 atom stereocenters. The molecule has 0 aliphatic carbocycles. The summed E-state index contributed by atoms with van der Waals surface area (Å²) in [7, 11) is 0. The normalized spacial score (nSPS) is 18.6. The highest BCUT2D eigenvalue weighted by molar-refractivity contribution is 5.51. The van der Waals surface area contributed by atoms with Gasteiger partial charge >= 0.3 is 0 Å². The van der Waals surface area contributed by atoms with Crippen LogP contribution < -0.4 is 10.5 Å². The van der Waals surface area contributed by atoms with E-state index < -0.39 is 0 Å². The number of fused-ring (bicyclic) bond motifs is 1. The highest BCUT2D eigenvalue weighted by Crippen LogP contribution is 2.40. The Morgan fingerprint density at radius 3 is 2.94 bits per heavy atom. The third-order valence-electron chi connectivity index (χ3n) is 2.74. The molecule has 0 spiro atoms. The Bertz CT molecular complexity index is 500. The Morgan fingerprint density at radius 1 is 1.56 bits per heavy atom. The molecule has 1 unspecified atom stereocenters. The van der Waals surface area contributed by atoms with Gasteiger partial charge in [-0.05, 0) is 12.5 Å². The minimum atomic E-state index is -0.0469. The summed E-state index contributed by atoms with van der Waals surface area (Å²) in [5, 5.41) is 18.4. The van der Waals surface area contributed by atoms with Gasteiger partial charge in [0.15, 0.2) is 0 Å². The van der Waals surface area contributed by atoms with Gasteiger partial charge in [-0.2, -0.15) is 5.26 Å². The number of phenols is 1. The minimum absolute atomic E-state index is 0.0469. The zero-order valence-corrected chi connectivity index (χ0v) is 8.90. The molecule has 1 aromatic carbocycles. The fourth-order valence-corrected chi connectivity index (χ4v) is 1.96. The molecule has 0 aromatic heterocycles. The van der Waals surface area contributed by atoms with E-state index in [0.29, 0.717) is 11.3 Å². The standard InChI is InChI=1S/C12H12N2O2/c1-2-8-9-4-3-7(15)5-11(9)16-12(14)10(8)6-13/h3-5,8,15H,2,14H2,1H3. The first-order chi connectivity index (χ1) is 7.67. The predicted molar refractivity (Wildman–Crippen MR) is 58.6 cm³/mol. The maximum absolute atomic E-state index is 9.35. The number of hydrogen-bond acceptors (Lipinski definition) is 4. The van der Waals surface area contributed by atoms with Crippen LogP contribution in [0.3, 0.4) is 0 Å². The lowest BCUT2D eigenvalue weighted by molar-refractivity contribution is 0.382. The quantitative estimate of drug-likeness (QED) is 0.752. The maximum atomic E-state index is 9.35. The second kappa shape index (κ2) is 3.78. The number of nitrogens with two attached hydrogens (primary N) is 1. The topological polar surface area (TPSA) is 79.3 Å². The third-order valence-corrected chi connectivity index (χ3v) is 2.74. The van der Waals surface area contributed by atoms with Gasteiger partial charge in [-0.1, -0.05) is 13.0 Å². The van der Waals surface area contributed by atoms with E-state index >= 15 is 0 Å². The molecule has 4 nitrogen and oxygen atoms in total. The Morgan fingerprint density at radius 2 is 2.31 bits per heavy atom. The molecule has 1 heterocycles. The molecule has 16 heavy (non-hydrogen) atoms. The molecular formula is C12H12N2O2. The number of hydrogen-bond donors (Lipinski definition) is 2. The molecule has 0 saturated heterocycles. The van der Waals surface area contributed by atoms with E-state index in [1.54, 1.807) is 12.1 Å². The van der Waals surface area contributed by atoms with Crippen molar-refractivity contribution in [3.63, 3.8) is 0 Å². The molecule has 2 rings (SSSR count). The largest absolute Gasteiger partial charge is 0.508 e. The summed E-state index contributed by atoms with van der Waals surface area (Å²) in [5.74, 6) is 0.743. The van der Waals surface area contributed by atoms with Crippen LogP contribution in [0, 0.1) is 11.3 Å². The van der Waals surface area contributed by atoms with Crippen LogP contribution in [0.4, 0.5) is 0 Å². The highest BCUT2D eigenvalue weighted by Gasteiger charge is 2.27. The van der Waals surface area contributed by atoms with Gasteiger partial charge < -0.3 is 15.6 Å². The molecule has 4 heteroatoms. The third kappa shape index (κ3) is 1.47. The first-order valence-corrected chi connectivity index (χ1v) is 5.07. The monoisotopic (exact) mass is 216 g/mol. The Balaban J connectivity index is 2.56. The molecule has 1 aliphatic heterocycles. The number of aromatic hydroxyl groups is 1. The van der Waals surface area contributed by atoms with Crippen molar-refractivity contribution < 1.29 is 9.84 Å². The first kappa shape index (κ1) is 10.4. The van der Waals surface area contributed by atoms with Crippen molar-refractivity contribution >= 4 is 0 Å². The molecule has 1 aliphatic rings. The average Bonchev–Trinajstić information content (AvgIpc) is 2.26. The van der Waals surface area contributed by atoms with Gasteiger partial charge in [-0.25, -0.2) is 0 Å². The molecule has 0 fully saturated rings. The number of phenolic OH excluding ortho intramolecular Hbond substituents is 1. The van der Waals surface area contributed by atoms with Crippen molar-refractivity contribution in [3.05, 3.63) is 35.2 Å². The van der Waals surface area contributed by atoms with E-state index in [9.17, 15) is 5.11 Å². The Hall–Kier alpha value is -2.15. The lowest BCUT2D eigenvalue weighted by Crippen LogP contribution is -2.19. The zero-order valence-electron chi connectivity index (χ0n) is 8.90. The Labute approximate surface area is 93.6 Å². The summed E-state index contributed by atoms with van der Waals surface area (Å²) >= 11 is 0. The summed E-state index contributed by atoms with van der Waals surface area (Å²) in [6, 6.07) is 6.94. The van der Waals surface area contributed by atoms with Crippen LogP contribution in [-0.2, 0) is 0 Å². The first-order valence-electron chi connectivity index (χ1n) is 5.07. The van der Waals surface area contributed by atoms with Crippen molar-refractivity contribution in [3.8, 4) is 17.6 Å². The van der Waals surface area contributed by atoms with Crippen LogP contribution in [0.5, 0.6) is 11.5 Å². The number of ether oxygens (including phenoxy) is 1. The van der Waals surface area contributed by atoms with Gasteiger partial charge in [0.25, 0.3) is 0 Å². The molecule has 0 amide bonds. The second-order valence-electron chi connectivity index (χ2n) is 3.67. The summed E-state index contributed by atoms with van der Waals surface area (Å²) in [5.41, 5.74) is 7.03. The molecule has 1 aromatic rings. The molecular weight excluding hydrogens is 204 g/mol. The van der Waals surface area contributed by atoms with Gasteiger partial charge in [-0.3, -0.25) is 0 Å². The van der Waals surface area contributed by atoms with Gasteiger partial charge in [0.05, 0.1) is 5.57 Å². The van der Waals surface area contributed by atoms with Crippen LogP contribution >= 0.6 is 0 Å². The number of benzene rings is 1. The predicted octanol–water partition coefficient (Wildman–Crippen LogP) is 1.97. The van der Waals surface area contributed by atoms with E-state index in [2.05, 4.69) is 6.07 Å². The van der Waals surface area contributed by atoms with E-state index in [-0.39, 0.29) is 17.6 Å². The average molecular weight is 216 g/mol. The SMILES string of the molecule is CCC1C(C#N)=C(N)Oc2cc(O)ccc21. The number of nitrogens with zero attached hydrogens (tertiary/aromatic N) is 1. The molecule has 82 valence electrons. The van der Waals surface area contributed by atoms with E-state index in [1.165, 1.54) is 6.07 Å². The molecule has 0 bridgehead atoms. The second-order valence-corrected chi connectivity index (χ2v) is 3.67. The van der Waals surface area contributed by atoms with E-state index in [1.807, 2.05) is 6.92 Å². The van der Waals surface area contributed by atoms with Crippen LogP contribution in [-0.4, -0.2) is 5.11 Å². The van der Waals surface area contributed by atoms with Crippen molar-refractivity contribution in [2.45, 2.75) is 19.3 Å². The van der Waals surface area contributed by atoms with Crippen LogP contribution in [0.15, 0.2) is 29.7 Å². The fourth-order valence-electron chi connectivity index (χ4n) is 1.96. The van der Waals surface area contributed by atoms with Crippen LogP contribution in [0.2, 0.25) is 0 Å². The smallest absolute Gasteiger partial charge is 0.205 e. The molecule has 0 radical (unpaired) electrons. The van der Waals surface area contributed by atoms with Crippen molar-refractivity contribution in [1.82, 2.24) is 0 Å². The molecule has 3 N–H and O–H groups in total. The van der Waals surface area contributed by atoms with Crippen molar-refractivity contribution in [1.29, 1.82) is 5.26 Å². The zero-order chi connectivity index (χ0) is 11.7. The summed E-state index contributed by atoms with van der Waals surface area (Å²) < 4.78 is 5.32. The Kier molecular flexibility index (Phi) is 2.45. The summed E-state index contributed by atoms with van der Waals surface area (Å²) in [4.78, 5) is 0. The summed E-state index contributed by atoms with van der Waals surface area (Å²) in [6.07, 6.45) is 0.769. The highest BCUT2D eigenvalue weighted by atomic mass is 16.5. The number of rotatable bonds is 1. The number of nitriles is 1.